The molecule has 0 aromatic heterocycles. The number of unbranched alkanes of at least 4 members (excludes halogenated alkanes) is 8. The Morgan fingerprint density at radius 1 is 0.955 bits per heavy atom. The Morgan fingerprint density at radius 3 is 1.91 bits per heavy atom. The maximum absolute atomic E-state index is 11.6. The van der Waals surface area contributed by atoms with Crippen molar-refractivity contribution in [3.63, 3.8) is 0 Å². The van der Waals surface area contributed by atoms with Gasteiger partial charge < -0.3 is 14.9 Å². The third kappa shape index (κ3) is 10.7. The lowest BCUT2D eigenvalue weighted by atomic mass is 10.1. The van der Waals surface area contributed by atoms with E-state index >= 15 is 0 Å². The molecule has 5 nitrogen and oxygen atoms in total. The van der Waals surface area contributed by atoms with Gasteiger partial charge in [-0.15, -0.1) is 0 Å². The van der Waals surface area contributed by atoms with Crippen LogP contribution in [0.2, 0.25) is 0 Å². The summed E-state index contributed by atoms with van der Waals surface area (Å²) in [6.45, 7) is 2.83. The molecule has 130 valence electrons. The van der Waals surface area contributed by atoms with E-state index in [1.807, 2.05) is 0 Å². The van der Waals surface area contributed by atoms with E-state index in [-0.39, 0.29) is 6.42 Å². The van der Waals surface area contributed by atoms with Gasteiger partial charge in [0.1, 0.15) is 6.10 Å². The molecule has 5 heteroatoms. The van der Waals surface area contributed by atoms with Gasteiger partial charge in [0.05, 0.1) is 6.61 Å². The highest BCUT2D eigenvalue weighted by molar-refractivity contribution is 5.84. The molecule has 0 amide bonds. The minimum absolute atomic E-state index is 0.248. The van der Waals surface area contributed by atoms with E-state index in [1.165, 1.54) is 45.4 Å². The van der Waals surface area contributed by atoms with Gasteiger partial charge in [-0.05, 0) is 13.3 Å². The minimum Gasteiger partial charge on any atom is -0.451 e. The predicted molar refractivity (Wildman–Crippen MR) is 85.5 cm³/mol. The number of ether oxygens (including phenoxy) is 1. The third-order valence-corrected chi connectivity index (χ3v) is 3.68. The molecule has 2 unspecified atom stereocenters. The van der Waals surface area contributed by atoms with Crippen LogP contribution in [0.5, 0.6) is 0 Å². The number of ketones is 1. The molecule has 0 aromatic rings. The molecule has 0 bridgehead atoms. The van der Waals surface area contributed by atoms with Crippen LogP contribution in [0.4, 0.5) is 0 Å². The second-order valence-electron chi connectivity index (χ2n) is 5.85. The highest BCUT2D eigenvalue weighted by atomic mass is 16.6. The van der Waals surface area contributed by atoms with Crippen molar-refractivity contribution >= 4 is 11.8 Å². The van der Waals surface area contributed by atoms with Gasteiger partial charge in [-0.3, -0.25) is 9.59 Å². The van der Waals surface area contributed by atoms with E-state index in [2.05, 4.69) is 6.92 Å². The van der Waals surface area contributed by atoms with Gasteiger partial charge >= 0.3 is 5.97 Å². The first-order valence-electron chi connectivity index (χ1n) is 8.51. The smallest absolute Gasteiger partial charge is 0.306 e. The average Bonchev–Trinajstić information content (AvgIpc) is 2.50. The second-order valence-corrected chi connectivity index (χ2v) is 5.85. The Morgan fingerprint density at radius 2 is 1.45 bits per heavy atom. The van der Waals surface area contributed by atoms with Crippen molar-refractivity contribution in [2.75, 3.05) is 6.61 Å². The fourth-order valence-electron chi connectivity index (χ4n) is 2.31. The lowest BCUT2D eigenvalue weighted by Crippen LogP contribution is -2.39. The first-order valence-corrected chi connectivity index (χ1v) is 8.51. The van der Waals surface area contributed by atoms with Crippen LogP contribution in [0.15, 0.2) is 0 Å². The van der Waals surface area contributed by atoms with Gasteiger partial charge in [-0.2, -0.15) is 0 Å². The normalized spacial score (nSPS) is 13.6. The summed E-state index contributed by atoms with van der Waals surface area (Å²) in [7, 11) is 0. The van der Waals surface area contributed by atoms with Crippen molar-refractivity contribution in [2.24, 2.45) is 0 Å². The molecular weight excluding hydrogens is 284 g/mol. The van der Waals surface area contributed by atoms with Crippen LogP contribution in [-0.2, 0) is 14.3 Å². The van der Waals surface area contributed by atoms with Crippen LogP contribution in [0.25, 0.3) is 0 Å². The Balaban J connectivity index is 3.66. The van der Waals surface area contributed by atoms with Crippen LogP contribution in [0.1, 0.15) is 78.1 Å². The summed E-state index contributed by atoms with van der Waals surface area (Å²) < 4.78 is 4.94. The van der Waals surface area contributed by atoms with Crippen LogP contribution in [-0.4, -0.2) is 40.8 Å². The van der Waals surface area contributed by atoms with E-state index < -0.39 is 30.6 Å². The maximum atomic E-state index is 11.6. The predicted octanol–water partition coefficient (Wildman–Crippen LogP) is 2.76. The number of hydrogen-bond donors (Lipinski definition) is 2. The summed E-state index contributed by atoms with van der Waals surface area (Å²) in [4.78, 5) is 22.9. The molecule has 0 rings (SSSR count). The Bertz CT molecular complexity index is 303. The SMILES string of the molecule is CCCCCCCCCCCC(=O)OC(C(C)=O)C(O)CO. The van der Waals surface area contributed by atoms with Crippen LogP contribution in [0, 0.1) is 0 Å². The van der Waals surface area contributed by atoms with Crippen molar-refractivity contribution in [1.82, 2.24) is 0 Å². The number of carbonyl (C=O) groups excluding carboxylic acids is 2. The molecule has 2 N–H and O–H groups in total. The number of hydrogen-bond acceptors (Lipinski definition) is 5. The zero-order chi connectivity index (χ0) is 16.8. The number of aliphatic hydroxyl groups excluding tert-OH is 2. The molecular formula is C17H32O5. The fourth-order valence-corrected chi connectivity index (χ4v) is 2.31. The van der Waals surface area contributed by atoms with Gasteiger partial charge in [0.25, 0.3) is 0 Å². The Labute approximate surface area is 134 Å². The van der Waals surface area contributed by atoms with Gasteiger partial charge in [0, 0.05) is 6.42 Å². The molecule has 0 saturated carbocycles. The van der Waals surface area contributed by atoms with Crippen molar-refractivity contribution < 1.29 is 24.5 Å². The molecule has 0 heterocycles. The van der Waals surface area contributed by atoms with Crippen molar-refractivity contribution in [2.45, 2.75) is 90.3 Å². The summed E-state index contributed by atoms with van der Waals surface area (Å²) in [6, 6.07) is 0. The molecule has 0 saturated heterocycles. The van der Waals surface area contributed by atoms with E-state index in [0.717, 1.165) is 19.3 Å². The van der Waals surface area contributed by atoms with Crippen LogP contribution < -0.4 is 0 Å². The number of Topliss-reactive ketones (excluding diaryl/α,β-unsaturated/α-hetero) is 1. The van der Waals surface area contributed by atoms with Crippen LogP contribution >= 0.6 is 0 Å². The van der Waals surface area contributed by atoms with Gasteiger partial charge in [-0.1, -0.05) is 58.3 Å². The van der Waals surface area contributed by atoms with Gasteiger partial charge in [-0.25, -0.2) is 0 Å². The summed E-state index contributed by atoms with van der Waals surface area (Å²) in [5, 5.41) is 18.2. The molecule has 0 radical (unpaired) electrons. The molecule has 2 atom stereocenters. The highest BCUT2D eigenvalue weighted by Gasteiger charge is 2.26. The summed E-state index contributed by atoms with van der Waals surface area (Å²) in [5.74, 6) is -0.947. The third-order valence-electron chi connectivity index (χ3n) is 3.68. The first kappa shape index (κ1) is 21.1. The zero-order valence-corrected chi connectivity index (χ0v) is 14.1. The largest absolute Gasteiger partial charge is 0.451 e. The average molecular weight is 316 g/mol. The number of rotatable bonds is 14. The fraction of sp³-hybridized carbons (Fsp3) is 0.882. The number of aliphatic hydroxyl groups is 2. The molecule has 0 aliphatic rings. The summed E-state index contributed by atoms with van der Waals surface area (Å²) >= 11 is 0. The summed E-state index contributed by atoms with van der Waals surface area (Å²) in [6.07, 6.45) is 8.06. The molecule has 22 heavy (non-hydrogen) atoms. The lowest BCUT2D eigenvalue weighted by Gasteiger charge is -2.19. The molecule has 0 aliphatic carbocycles. The molecule has 0 aliphatic heterocycles. The zero-order valence-electron chi connectivity index (χ0n) is 14.1. The van der Waals surface area contributed by atoms with E-state index in [9.17, 15) is 14.7 Å². The first-order chi connectivity index (χ1) is 10.5. The van der Waals surface area contributed by atoms with E-state index in [4.69, 9.17) is 9.84 Å². The lowest BCUT2D eigenvalue weighted by molar-refractivity contribution is -0.162. The highest BCUT2D eigenvalue weighted by Crippen LogP contribution is 2.11. The topological polar surface area (TPSA) is 83.8 Å². The number of esters is 1. The standard InChI is InChI=1S/C17H32O5/c1-3-4-5-6-7-8-9-10-11-12-16(21)22-17(14(2)19)15(20)13-18/h15,17-18,20H,3-13H2,1-2H3. The van der Waals surface area contributed by atoms with E-state index in [0.29, 0.717) is 0 Å². The minimum atomic E-state index is -1.34. The molecule has 0 aromatic carbocycles. The van der Waals surface area contributed by atoms with Crippen molar-refractivity contribution in [3.8, 4) is 0 Å². The molecule has 0 fully saturated rings. The van der Waals surface area contributed by atoms with Crippen molar-refractivity contribution in [3.05, 3.63) is 0 Å². The van der Waals surface area contributed by atoms with Crippen molar-refractivity contribution in [1.29, 1.82) is 0 Å². The molecule has 0 spiro atoms. The van der Waals surface area contributed by atoms with Gasteiger partial charge in [0.15, 0.2) is 11.9 Å². The maximum Gasteiger partial charge on any atom is 0.306 e. The van der Waals surface area contributed by atoms with E-state index in [1.54, 1.807) is 0 Å². The quantitative estimate of drug-likeness (QED) is 0.380. The van der Waals surface area contributed by atoms with Crippen LogP contribution in [0.3, 0.4) is 0 Å². The second kappa shape index (κ2) is 13.7. The van der Waals surface area contributed by atoms with Gasteiger partial charge in [0.2, 0.25) is 0 Å². The number of carbonyl (C=O) groups is 2. The monoisotopic (exact) mass is 316 g/mol. The Kier molecular flexibility index (Phi) is 13.1. The Hall–Kier alpha value is -0.940. The summed E-state index contributed by atoms with van der Waals surface area (Å²) in [5.41, 5.74) is 0.